The smallest absolute Gasteiger partial charge is 0.308 e. The first-order valence-electron chi connectivity index (χ1n) is 14.5. The maximum absolute atomic E-state index is 13.4. The molecule has 4 aliphatic carbocycles. The van der Waals surface area contributed by atoms with Gasteiger partial charge in [0.1, 0.15) is 6.04 Å². The van der Waals surface area contributed by atoms with Gasteiger partial charge in [-0.2, -0.15) is 0 Å². The van der Waals surface area contributed by atoms with E-state index in [1.54, 1.807) is 4.90 Å². The van der Waals surface area contributed by atoms with Gasteiger partial charge < -0.3 is 20.3 Å². The number of carbonyl (C=O) groups excluding carboxylic acids is 3. The van der Waals surface area contributed by atoms with Crippen molar-refractivity contribution in [3.63, 3.8) is 0 Å². The average Bonchev–Trinajstić information content (AvgIpc) is 2.83. The van der Waals surface area contributed by atoms with Crippen molar-refractivity contribution >= 4 is 35.1 Å². The van der Waals surface area contributed by atoms with Crippen molar-refractivity contribution in [1.82, 2.24) is 15.5 Å². The third-order valence-electron chi connectivity index (χ3n) is 8.95. The molecule has 4 bridgehead atoms. The summed E-state index contributed by atoms with van der Waals surface area (Å²) < 4.78 is 5.44. The predicted molar refractivity (Wildman–Crippen MR) is 143 cm³/mol. The first-order chi connectivity index (χ1) is 17.4. The number of esters is 1. The molecular formula is C28H45N3O4S. The van der Waals surface area contributed by atoms with Gasteiger partial charge in [0.25, 0.3) is 0 Å². The van der Waals surface area contributed by atoms with Crippen LogP contribution in [0.3, 0.4) is 0 Å². The number of hydrogen-bond acceptors (Lipinski definition) is 5. The van der Waals surface area contributed by atoms with E-state index < -0.39 is 6.04 Å². The van der Waals surface area contributed by atoms with Crippen LogP contribution in [0.5, 0.6) is 0 Å². The van der Waals surface area contributed by atoms with Crippen molar-refractivity contribution in [3.05, 3.63) is 0 Å². The molecule has 202 valence electrons. The number of hydrogen-bond donors (Lipinski definition) is 2. The zero-order valence-corrected chi connectivity index (χ0v) is 22.8. The summed E-state index contributed by atoms with van der Waals surface area (Å²) in [5, 5.41) is 6.10. The molecule has 1 heterocycles. The largest absolute Gasteiger partial charge is 0.466 e. The molecule has 7 nitrogen and oxygen atoms in total. The standard InChI is InChI=1S/C28H45N3O4S/c1-2-3-4-5-6-7-8-9-12-35-24(32)16-23-25(33)29-10-11-31(23)27(36)30-26(34)28-17-20-13-21(18-28)15-22(14-20)19-28/h20-23H,2-19H2,1H3,(H,29,33)(H,30,34,36). The van der Waals surface area contributed by atoms with Crippen LogP contribution in [0.15, 0.2) is 0 Å². The second-order valence-corrected chi connectivity index (χ2v) is 12.2. The van der Waals surface area contributed by atoms with E-state index >= 15 is 0 Å². The molecule has 1 saturated heterocycles. The summed E-state index contributed by atoms with van der Waals surface area (Å²) >= 11 is 5.62. The Kier molecular flexibility index (Phi) is 9.65. The van der Waals surface area contributed by atoms with E-state index in [4.69, 9.17) is 17.0 Å². The summed E-state index contributed by atoms with van der Waals surface area (Å²) in [6.45, 7) is 3.52. The molecule has 1 atom stereocenters. The maximum atomic E-state index is 13.4. The molecule has 0 aromatic rings. The van der Waals surface area contributed by atoms with Crippen LogP contribution < -0.4 is 10.6 Å². The van der Waals surface area contributed by atoms with Crippen molar-refractivity contribution in [1.29, 1.82) is 0 Å². The summed E-state index contributed by atoms with van der Waals surface area (Å²) in [5.41, 5.74) is -0.304. The number of unbranched alkanes of at least 4 members (excludes halogenated alkanes) is 7. The minimum atomic E-state index is -0.742. The summed E-state index contributed by atoms with van der Waals surface area (Å²) in [5.74, 6) is 1.39. The van der Waals surface area contributed by atoms with Crippen LogP contribution in [0.2, 0.25) is 0 Å². The Labute approximate surface area is 221 Å². The van der Waals surface area contributed by atoms with Crippen LogP contribution in [0, 0.1) is 23.2 Å². The predicted octanol–water partition coefficient (Wildman–Crippen LogP) is 4.48. The first-order valence-corrected chi connectivity index (χ1v) is 14.9. The zero-order chi connectivity index (χ0) is 25.5. The number of thiocarbonyl (C=S) groups is 1. The lowest BCUT2D eigenvalue weighted by atomic mass is 9.49. The van der Waals surface area contributed by atoms with E-state index in [1.165, 1.54) is 51.4 Å². The molecule has 2 amide bonds. The highest BCUT2D eigenvalue weighted by molar-refractivity contribution is 7.80. The maximum Gasteiger partial charge on any atom is 0.308 e. The summed E-state index contributed by atoms with van der Waals surface area (Å²) in [4.78, 5) is 40.3. The molecule has 5 aliphatic rings. The van der Waals surface area contributed by atoms with Crippen LogP contribution in [0.25, 0.3) is 0 Å². The van der Waals surface area contributed by atoms with E-state index in [0.717, 1.165) is 38.5 Å². The zero-order valence-electron chi connectivity index (χ0n) is 22.0. The Hall–Kier alpha value is -1.70. The normalized spacial score (nSPS) is 30.7. The van der Waals surface area contributed by atoms with Crippen molar-refractivity contribution in [2.45, 2.75) is 109 Å². The molecule has 4 saturated carbocycles. The van der Waals surface area contributed by atoms with Crippen LogP contribution in [0.1, 0.15) is 103 Å². The molecule has 5 rings (SSSR count). The van der Waals surface area contributed by atoms with E-state index in [2.05, 4.69) is 17.6 Å². The van der Waals surface area contributed by atoms with Gasteiger partial charge in [0, 0.05) is 13.1 Å². The second kappa shape index (κ2) is 12.7. The molecule has 1 unspecified atom stereocenters. The highest BCUT2D eigenvalue weighted by Gasteiger charge is 2.55. The molecular weight excluding hydrogens is 474 g/mol. The Morgan fingerprint density at radius 3 is 2.19 bits per heavy atom. The van der Waals surface area contributed by atoms with Gasteiger partial charge in [-0.25, -0.2) is 0 Å². The summed E-state index contributed by atoms with van der Waals surface area (Å²) in [6, 6.07) is -0.742. The fourth-order valence-corrected chi connectivity index (χ4v) is 7.80. The van der Waals surface area contributed by atoms with Gasteiger partial charge in [0.05, 0.1) is 18.4 Å². The summed E-state index contributed by atoms with van der Waals surface area (Å²) in [6.07, 6.45) is 16.1. The van der Waals surface area contributed by atoms with Crippen molar-refractivity contribution in [3.8, 4) is 0 Å². The molecule has 8 heteroatoms. The Morgan fingerprint density at radius 1 is 1.00 bits per heavy atom. The molecule has 0 spiro atoms. The van der Waals surface area contributed by atoms with E-state index in [9.17, 15) is 14.4 Å². The Morgan fingerprint density at radius 2 is 1.58 bits per heavy atom. The molecule has 0 radical (unpaired) electrons. The lowest BCUT2D eigenvalue weighted by molar-refractivity contribution is -0.147. The minimum absolute atomic E-state index is 0.0219. The number of amides is 2. The van der Waals surface area contributed by atoms with Gasteiger partial charge in [-0.1, -0.05) is 51.9 Å². The second-order valence-electron chi connectivity index (χ2n) is 11.9. The lowest BCUT2D eigenvalue weighted by Crippen LogP contribution is -2.62. The van der Waals surface area contributed by atoms with Gasteiger partial charge in [0.15, 0.2) is 5.11 Å². The fourth-order valence-electron chi connectivity index (χ4n) is 7.49. The summed E-state index contributed by atoms with van der Waals surface area (Å²) in [7, 11) is 0. The fraction of sp³-hybridized carbons (Fsp3) is 0.857. The van der Waals surface area contributed by atoms with Crippen molar-refractivity contribution in [2.24, 2.45) is 23.2 Å². The van der Waals surface area contributed by atoms with Crippen LogP contribution in [0.4, 0.5) is 0 Å². The van der Waals surface area contributed by atoms with Gasteiger partial charge in [-0.3, -0.25) is 14.4 Å². The molecule has 0 aromatic heterocycles. The first kappa shape index (κ1) is 27.3. The van der Waals surface area contributed by atoms with Gasteiger partial charge >= 0.3 is 5.97 Å². The average molecular weight is 520 g/mol. The van der Waals surface area contributed by atoms with Gasteiger partial charge in [-0.05, 0) is 74.9 Å². The molecule has 5 fully saturated rings. The number of rotatable bonds is 12. The number of piperazine rings is 1. The number of carbonyl (C=O) groups is 3. The van der Waals surface area contributed by atoms with Crippen LogP contribution in [-0.4, -0.2) is 53.5 Å². The quantitative estimate of drug-likeness (QED) is 0.225. The Bertz CT molecular complexity index is 781. The number of nitrogens with one attached hydrogen (secondary N) is 2. The Balaban J connectivity index is 1.22. The van der Waals surface area contributed by atoms with Crippen molar-refractivity contribution < 1.29 is 19.1 Å². The van der Waals surface area contributed by atoms with Crippen LogP contribution >= 0.6 is 12.2 Å². The minimum Gasteiger partial charge on any atom is -0.466 e. The monoisotopic (exact) mass is 519 g/mol. The topological polar surface area (TPSA) is 87.7 Å². The molecule has 0 aromatic carbocycles. The van der Waals surface area contributed by atoms with Crippen LogP contribution in [-0.2, 0) is 19.1 Å². The van der Waals surface area contributed by atoms with Crippen molar-refractivity contribution in [2.75, 3.05) is 19.7 Å². The van der Waals surface area contributed by atoms with Gasteiger partial charge in [-0.15, -0.1) is 0 Å². The van der Waals surface area contributed by atoms with E-state index in [0.29, 0.717) is 37.5 Å². The third-order valence-corrected chi connectivity index (χ3v) is 9.29. The third kappa shape index (κ3) is 6.78. The number of nitrogens with zero attached hydrogens (tertiary/aromatic N) is 1. The van der Waals surface area contributed by atoms with E-state index in [-0.39, 0.29) is 34.7 Å². The SMILES string of the molecule is CCCCCCCCCCOC(=O)CC1C(=O)NCCN1C(=S)NC(=O)C12CC3CC(CC(C3)C1)C2. The molecule has 1 aliphatic heterocycles. The highest BCUT2D eigenvalue weighted by atomic mass is 32.1. The van der Waals surface area contributed by atoms with Gasteiger partial charge in [0.2, 0.25) is 11.8 Å². The molecule has 36 heavy (non-hydrogen) atoms. The highest BCUT2D eigenvalue weighted by Crippen LogP contribution is 2.60. The molecule has 2 N–H and O–H groups in total. The van der Waals surface area contributed by atoms with E-state index in [1.807, 2.05) is 0 Å². The lowest BCUT2D eigenvalue weighted by Gasteiger charge is -2.55. The number of ether oxygens (including phenoxy) is 1.